The van der Waals surface area contributed by atoms with E-state index in [1.165, 1.54) is 12.3 Å². The molecule has 0 atom stereocenters. The average molecular weight is 259 g/mol. The van der Waals surface area contributed by atoms with Crippen LogP contribution in [0.4, 0.5) is 0 Å². The van der Waals surface area contributed by atoms with E-state index in [0.717, 1.165) is 5.39 Å². The maximum Gasteiger partial charge on any atom is 0.239 e. The zero-order chi connectivity index (χ0) is 12.6. The summed E-state index contributed by atoms with van der Waals surface area (Å²) in [6, 6.07) is 11.4. The molecule has 5 heteroatoms. The third-order valence-electron chi connectivity index (χ3n) is 2.62. The highest BCUT2D eigenvalue weighted by molar-refractivity contribution is 7.91. The number of sulfone groups is 1. The quantitative estimate of drug-likeness (QED) is 0.710. The summed E-state index contributed by atoms with van der Waals surface area (Å²) < 4.78 is 29.9. The summed E-state index contributed by atoms with van der Waals surface area (Å²) in [7, 11) is -3.60. The van der Waals surface area contributed by atoms with Gasteiger partial charge in [-0.3, -0.25) is 4.98 Å². The first-order chi connectivity index (χ1) is 8.68. The van der Waals surface area contributed by atoms with Gasteiger partial charge in [-0.15, -0.1) is 0 Å². The molecule has 0 aliphatic heterocycles. The van der Waals surface area contributed by atoms with Gasteiger partial charge in [0.15, 0.2) is 5.58 Å². The summed E-state index contributed by atoms with van der Waals surface area (Å²) in [5.74, 6) is 0. The van der Waals surface area contributed by atoms with E-state index in [1.54, 1.807) is 42.6 Å². The Bertz CT molecular complexity index is 758. The van der Waals surface area contributed by atoms with E-state index in [4.69, 9.17) is 4.42 Å². The van der Waals surface area contributed by atoms with Crippen LogP contribution in [0.1, 0.15) is 0 Å². The summed E-state index contributed by atoms with van der Waals surface area (Å²) in [6.07, 6.45) is 3.09. The summed E-state index contributed by atoms with van der Waals surface area (Å²) >= 11 is 0. The molecule has 0 radical (unpaired) electrons. The molecular weight excluding hydrogens is 250 g/mol. The second kappa shape index (κ2) is 3.96. The second-order valence-corrected chi connectivity index (χ2v) is 5.68. The van der Waals surface area contributed by atoms with Crippen LogP contribution in [0.25, 0.3) is 11.0 Å². The van der Waals surface area contributed by atoms with Crippen LogP contribution in [0.3, 0.4) is 0 Å². The molecule has 0 aliphatic carbocycles. The number of nitrogens with zero attached hydrogens (tertiary/aromatic N) is 1. The predicted octanol–water partition coefficient (Wildman–Crippen LogP) is 2.66. The highest BCUT2D eigenvalue weighted by Gasteiger charge is 2.21. The number of fused-ring (bicyclic) bond motifs is 1. The summed E-state index contributed by atoms with van der Waals surface area (Å²) in [4.78, 5) is 4.11. The first kappa shape index (κ1) is 11.0. The Hall–Kier alpha value is -2.14. The van der Waals surface area contributed by atoms with Crippen molar-refractivity contribution >= 4 is 20.8 Å². The molecular formula is C13H9NO3S. The zero-order valence-corrected chi connectivity index (χ0v) is 10.1. The van der Waals surface area contributed by atoms with Gasteiger partial charge in [0.2, 0.25) is 14.9 Å². The van der Waals surface area contributed by atoms with E-state index in [0.29, 0.717) is 5.58 Å². The lowest BCUT2D eigenvalue weighted by Crippen LogP contribution is -1.99. The van der Waals surface area contributed by atoms with Gasteiger partial charge < -0.3 is 4.42 Å². The number of rotatable bonds is 2. The highest BCUT2D eigenvalue weighted by Crippen LogP contribution is 2.26. The molecule has 0 N–H and O–H groups in total. The Balaban J connectivity index is 2.20. The van der Waals surface area contributed by atoms with Gasteiger partial charge in [-0.2, -0.15) is 0 Å². The van der Waals surface area contributed by atoms with Crippen LogP contribution >= 0.6 is 0 Å². The predicted molar refractivity (Wildman–Crippen MR) is 65.9 cm³/mol. The van der Waals surface area contributed by atoms with Gasteiger partial charge in [0.25, 0.3) is 0 Å². The standard InChI is InChI=1S/C13H9NO3S/c15-18(16,11-4-2-1-3-5-11)13-8-10-6-7-14-9-12(10)17-13/h1-9H. The monoisotopic (exact) mass is 259 g/mol. The average Bonchev–Trinajstić information content (AvgIpc) is 2.84. The van der Waals surface area contributed by atoms with Crippen molar-refractivity contribution < 1.29 is 12.8 Å². The van der Waals surface area contributed by atoms with Crippen molar-refractivity contribution in [2.45, 2.75) is 9.99 Å². The van der Waals surface area contributed by atoms with E-state index in [2.05, 4.69) is 4.98 Å². The molecule has 2 aromatic heterocycles. The van der Waals surface area contributed by atoms with Crippen LogP contribution in [0, 0.1) is 0 Å². The number of hydrogen-bond acceptors (Lipinski definition) is 4. The smallest absolute Gasteiger partial charge is 0.239 e. The molecule has 0 saturated heterocycles. The minimum absolute atomic E-state index is 0.0586. The van der Waals surface area contributed by atoms with E-state index >= 15 is 0 Å². The minimum Gasteiger partial charge on any atom is -0.443 e. The fraction of sp³-hybridized carbons (Fsp3) is 0. The van der Waals surface area contributed by atoms with Crippen molar-refractivity contribution in [2.75, 3.05) is 0 Å². The summed E-state index contributed by atoms with van der Waals surface area (Å²) in [6.45, 7) is 0. The number of pyridine rings is 1. The molecule has 3 rings (SSSR count). The molecule has 0 saturated carbocycles. The van der Waals surface area contributed by atoms with Crippen molar-refractivity contribution in [1.29, 1.82) is 0 Å². The van der Waals surface area contributed by atoms with Gasteiger partial charge >= 0.3 is 0 Å². The molecule has 0 spiro atoms. The third kappa shape index (κ3) is 1.69. The van der Waals surface area contributed by atoms with Gasteiger partial charge in [-0.05, 0) is 18.2 Å². The van der Waals surface area contributed by atoms with Crippen LogP contribution in [0.5, 0.6) is 0 Å². The summed E-state index contributed by atoms with van der Waals surface area (Å²) in [5, 5.41) is 0.663. The first-order valence-corrected chi connectivity index (χ1v) is 6.80. The van der Waals surface area contributed by atoms with Crippen LogP contribution in [-0.4, -0.2) is 13.4 Å². The topological polar surface area (TPSA) is 60.2 Å². The van der Waals surface area contributed by atoms with E-state index < -0.39 is 9.84 Å². The summed E-state index contributed by atoms with van der Waals surface area (Å²) in [5.41, 5.74) is 0.465. The molecule has 0 amide bonds. The normalized spacial score (nSPS) is 11.8. The number of furan rings is 1. The lowest BCUT2D eigenvalue weighted by Gasteiger charge is -1.99. The lowest BCUT2D eigenvalue weighted by molar-refractivity contribution is 0.481. The van der Waals surface area contributed by atoms with Gasteiger partial charge in [0, 0.05) is 17.6 Å². The number of aromatic nitrogens is 1. The Kier molecular flexibility index (Phi) is 2.41. The SMILES string of the molecule is O=S(=O)(c1ccccc1)c1cc2ccncc2o1. The molecule has 0 fully saturated rings. The van der Waals surface area contributed by atoms with Gasteiger partial charge in [0.05, 0.1) is 11.1 Å². The van der Waals surface area contributed by atoms with Crippen molar-refractivity contribution in [3.05, 3.63) is 54.9 Å². The Labute approximate surface area is 104 Å². The molecule has 1 aromatic carbocycles. The number of benzene rings is 1. The molecule has 2 heterocycles. The van der Waals surface area contributed by atoms with Crippen LogP contribution < -0.4 is 0 Å². The maximum atomic E-state index is 12.3. The lowest BCUT2D eigenvalue weighted by atomic mass is 10.3. The molecule has 4 nitrogen and oxygen atoms in total. The minimum atomic E-state index is -3.60. The largest absolute Gasteiger partial charge is 0.443 e. The van der Waals surface area contributed by atoms with Gasteiger partial charge in [0.1, 0.15) is 0 Å². The van der Waals surface area contributed by atoms with E-state index in [1.807, 2.05) is 0 Å². The van der Waals surface area contributed by atoms with Crippen molar-refractivity contribution in [1.82, 2.24) is 4.98 Å². The van der Waals surface area contributed by atoms with Gasteiger partial charge in [-0.25, -0.2) is 8.42 Å². The molecule has 0 bridgehead atoms. The second-order valence-electron chi connectivity index (χ2n) is 3.80. The Morgan fingerprint density at radius 3 is 2.56 bits per heavy atom. The van der Waals surface area contributed by atoms with Crippen LogP contribution in [0.15, 0.2) is 69.3 Å². The highest BCUT2D eigenvalue weighted by atomic mass is 32.2. The fourth-order valence-electron chi connectivity index (χ4n) is 1.71. The third-order valence-corrected chi connectivity index (χ3v) is 4.24. The maximum absolute atomic E-state index is 12.3. The van der Waals surface area contributed by atoms with Gasteiger partial charge in [-0.1, -0.05) is 18.2 Å². The zero-order valence-electron chi connectivity index (χ0n) is 9.28. The van der Waals surface area contributed by atoms with E-state index in [9.17, 15) is 8.42 Å². The Morgan fingerprint density at radius 2 is 1.83 bits per heavy atom. The number of hydrogen-bond donors (Lipinski definition) is 0. The van der Waals surface area contributed by atoms with Crippen LogP contribution in [0.2, 0.25) is 0 Å². The Morgan fingerprint density at radius 1 is 1.06 bits per heavy atom. The molecule has 0 aliphatic rings. The van der Waals surface area contributed by atoms with E-state index in [-0.39, 0.29) is 9.99 Å². The van der Waals surface area contributed by atoms with Crippen molar-refractivity contribution in [3.8, 4) is 0 Å². The molecule has 0 unspecified atom stereocenters. The van der Waals surface area contributed by atoms with Crippen LogP contribution in [-0.2, 0) is 9.84 Å². The van der Waals surface area contributed by atoms with Crippen molar-refractivity contribution in [3.63, 3.8) is 0 Å². The van der Waals surface area contributed by atoms with Crippen molar-refractivity contribution in [2.24, 2.45) is 0 Å². The molecule has 90 valence electrons. The molecule has 18 heavy (non-hydrogen) atoms. The molecule has 3 aromatic rings. The first-order valence-electron chi connectivity index (χ1n) is 5.31. The fourth-order valence-corrected chi connectivity index (χ4v) is 2.94.